The van der Waals surface area contributed by atoms with Gasteiger partial charge in [-0.1, -0.05) is 176 Å². The molecule has 0 N–H and O–H groups in total. The molecule has 0 fully saturated rings. The van der Waals surface area contributed by atoms with E-state index in [-0.39, 0.29) is 11.8 Å². The first-order valence-corrected chi connectivity index (χ1v) is 16.9. The molecule has 0 amide bonds. The zero-order valence-corrected chi connectivity index (χ0v) is 26.5. The van der Waals surface area contributed by atoms with Gasteiger partial charge in [-0.15, -0.1) is 0 Å². The zero-order valence-electron chi connectivity index (χ0n) is 26.5. The van der Waals surface area contributed by atoms with E-state index in [0.29, 0.717) is 0 Å². The molecule has 8 aromatic rings. The Bertz CT molecular complexity index is 2490. The van der Waals surface area contributed by atoms with Crippen LogP contribution in [0, 0.1) is 0 Å². The first kappa shape index (κ1) is 27.2. The van der Waals surface area contributed by atoms with Crippen molar-refractivity contribution in [3.05, 3.63) is 215 Å². The second kappa shape index (κ2) is 10.8. The van der Waals surface area contributed by atoms with E-state index >= 15 is 0 Å². The van der Waals surface area contributed by atoms with Gasteiger partial charge in [0.25, 0.3) is 0 Å². The molecule has 10 rings (SSSR count). The molecule has 8 aromatic carbocycles. The van der Waals surface area contributed by atoms with Crippen LogP contribution in [0.25, 0.3) is 55.3 Å². The Labute approximate surface area is 281 Å². The molecule has 2 aliphatic carbocycles. The summed E-state index contributed by atoms with van der Waals surface area (Å²) in [6.07, 6.45) is 0. The molecule has 0 heteroatoms. The molecule has 0 spiro atoms. The van der Waals surface area contributed by atoms with Gasteiger partial charge < -0.3 is 0 Å². The third-order valence-electron chi connectivity index (χ3n) is 10.6. The van der Waals surface area contributed by atoms with E-state index in [1.807, 2.05) is 0 Å². The van der Waals surface area contributed by atoms with E-state index in [1.165, 1.54) is 88.7 Å². The monoisotopic (exact) mass is 608 g/mol. The first-order chi connectivity index (χ1) is 23.8. The molecule has 2 unspecified atom stereocenters. The number of hydrogen-bond acceptors (Lipinski definition) is 0. The molecule has 0 aromatic heterocycles. The van der Waals surface area contributed by atoms with Gasteiger partial charge in [-0.25, -0.2) is 0 Å². The summed E-state index contributed by atoms with van der Waals surface area (Å²) in [5, 5.41) is 2.56. The lowest BCUT2D eigenvalue weighted by Gasteiger charge is -2.23. The van der Waals surface area contributed by atoms with Crippen LogP contribution in [0.3, 0.4) is 0 Å². The van der Waals surface area contributed by atoms with E-state index in [1.54, 1.807) is 0 Å². The second-order valence-electron chi connectivity index (χ2n) is 13.2. The van der Waals surface area contributed by atoms with Crippen molar-refractivity contribution in [1.82, 2.24) is 0 Å². The minimum atomic E-state index is 0.124. The fourth-order valence-corrected chi connectivity index (χ4v) is 8.58. The topological polar surface area (TPSA) is 0 Å². The summed E-state index contributed by atoms with van der Waals surface area (Å²) >= 11 is 0. The maximum absolute atomic E-state index is 2.48. The normalized spacial score (nSPS) is 15.5. The van der Waals surface area contributed by atoms with Crippen LogP contribution in [0.1, 0.15) is 45.2 Å². The Morgan fingerprint density at radius 2 is 0.792 bits per heavy atom. The van der Waals surface area contributed by atoms with Gasteiger partial charge in [-0.2, -0.15) is 0 Å². The summed E-state index contributed by atoms with van der Waals surface area (Å²) in [5.41, 5.74) is 18.9. The van der Waals surface area contributed by atoms with Crippen molar-refractivity contribution in [2.24, 2.45) is 0 Å². The van der Waals surface area contributed by atoms with Gasteiger partial charge in [0.1, 0.15) is 0 Å². The fraction of sp³-hybridized carbons (Fsp3) is 0.0417. The lowest BCUT2D eigenvalue weighted by molar-refractivity contribution is 0.939. The van der Waals surface area contributed by atoms with E-state index < -0.39 is 0 Å². The van der Waals surface area contributed by atoms with Crippen molar-refractivity contribution in [3.8, 4) is 44.5 Å². The van der Waals surface area contributed by atoms with Crippen molar-refractivity contribution in [1.29, 1.82) is 0 Å². The average Bonchev–Trinajstić information content (AvgIpc) is 3.68. The van der Waals surface area contributed by atoms with Gasteiger partial charge in [-0.3, -0.25) is 0 Å². The van der Waals surface area contributed by atoms with Gasteiger partial charge in [0.05, 0.1) is 0 Å². The van der Waals surface area contributed by atoms with Gasteiger partial charge >= 0.3 is 0 Å². The summed E-state index contributed by atoms with van der Waals surface area (Å²) in [4.78, 5) is 0. The number of fused-ring (bicyclic) bond motifs is 8. The molecule has 0 radical (unpaired) electrons. The third kappa shape index (κ3) is 4.09. The molecule has 48 heavy (non-hydrogen) atoms. The quantitative estimate of drug-likeness (QED) is 0.186. The maximum Gasteiger partial charge on any atom is 0.0356 e. The largest absolute Gasteiger partial charge is 0.0622 e. The van der Waals surface area contributed by atoms with E-state index in [0.717, 1.165) is 0 Å². The van der Waals surface area contributed by atoms with Crippen LogP contribution < -0.4 is 0 Å². The molecule has 0 bridgehead atoms. The van der Waals surface area contributed by atoms with Crippen molar-refractivity contribution in [2.75, 3.05) is 0 Å². The highest BCUT2D eigenvalue weighted by atomic mass is 14.4. The molecule has 0 saturated carbocycles. The molecule has 0 aliphatic heterocycles. The van der Waals surface area contributed by atoms with Gasteiger partial charge in [0.15, 0.2) is 0 Å². The zero-order chi connectivity index (χ0) is 31.6. The minimum absolute atomic E-state index is 0.124. The van der Waals surface area contributed by atoms with Crippen molar-refractivity contribution < 1.29 is 0 Å². The molecular formula is C48H32. The standard InChI is InChI=1S/C48H32/c1-3-13-31(14-4-1)32-23-25-33(26-24-32)44-30-36(29-35-17-7-8-18-37(35)44)46-41-22-12-10-20-39(41)43-28-27-42-38-19-9-11-21-40(38)45(47(42)48(43)46)34-15-5-2-6-16-34/h1-30,45-46H. The summed E-state index contributed by atoms with van der Waals surface area (Å²) in [7, 11) is 0. The SMILES string of the molecule is c1ccc(-c2ccc(-c3cc(C4c5ccccc5-c5ccc6c(c54)C(c4ccccc4)c4ccccc4-6)cc4ccccc34)cc2)cc1. The van der Waals surface area contributed by atoms with Crippen molar-refractivity contribution >= 4 is 10.8 Å². The van der Waals surface area contributed by atoms with E-state index in [2.05, 4.69) is 182 Å². The Morgan fingerprint density at radius 1 is 0.292 bits per heavy atom. The molecule has 0 heterocycles. The average molecular weight is 609 g/mol. The van der Waals surface area contributed by atoms with Crippen LogP contribution >= 0.6 is 0 Å². The predicted octanol–water partition coefficient (Wildman–Crippen LogP) is 12.5. The van der Waals surface area contributed by atoms with E-state index in [4.69, 9.17) is 0 Å². The summed E-state index contributed by atoms with van der Waals surface area (Å²) in [6.45, 7) is 0. The van der Waals surface area contributed by atoms with Crippen molar-refractivity contribution in [2.45, 2.75) is 11.8 Å². The van der Waals surface area contributed by atoms with Crippen LogP contribution in [0.5, 0.6) is 0 Å². The van der Waals surface area contributed by atoms with Crippen LogP contribution in [-0.2, 0) is 0 Å². The number of rotatable bonds is 4. The number of hydrogen-bond donors (Lipinski definition) is 0. The Morgan fingerprint density at radius 3 is 1.46 bits per heavy atom. The first-order valence-electron chi connectivity index (χ1n) is 16.9. The molecule has 224 valence electrons. The Balaban J connectivity index is 1.21. The van der Waals surface area contributed by atoms with Crippen LogP contribution in [-0.4, -0.2) is 0 Å². The van der Waals surface area contributed by atoms with Crippen LogP contribution in [0.15, 0.2) is 182 Å². The minimum Gasteiger partial charge on any atom is -0.0622 e. The fourth-order valence-electron chi connectivity index (χ4n) is 8.58. The van der Waals surface area contributed by atoms with Gasteiger partial charge in [-0.05, 0) is 94.7 Å². The number of benzene rings is 8. The molecule has 0 saturated heterocycles. The summed E-state index contributed by atoms with van der Waals surface area (Å²) < 4.78 is 0. The lowest BCUT2D eigenvalue weighted by Crippen LogP contribution is -2.07. The second-order valence-corrected chi connectivity index (χ2v) is 13.2. The lowest BCUT2D eigenvalue weighted by atomic mass is 9.79. The molecule has 0 nitrogen and oxygen atoms in total. The molecule has 2 atom stereocenters. The third-order valence-corrected chi connectivity index (χ3v) is 10.6. The van der Waals surface area contributed by atoms with Crippen LogP contribution in [0.4, 0.5) is 0 Å². The Kier molecular flexibility index (Phi) is 6.11. The highest BCUT2D eigenvalue weighted by molar-refractivity contribution is 5.99. The van der Waals surface area contributed by atoms with Gasteiger partial charge in [0.2, 0.25) is 0 Å². The smallest absolute Gasteiger partial charge is 0.0356 e. The van der Waals surface area contributed by atoms with E-state index in [9.17, 15) is 0 Å². The maximum atomic E-state index is 2.48. The summed E-state index contributed by atoms with van der Waals surface area (Å²) in [6, 6.07) is 67.6. The highest BCUT2D eigenvalue weighted by Crippen LogP contribution is 2.58. The van der Waals surface area contributed by atoms with Crippen molar-refractivity contribution in [3.63, 3.8) is 0 Å². The summed E-state index contributed by atoms with van der Waals surface area (Å²) in [5.74, 6) is 0.313. The predicted molar refractivity (Wildman–Crippen MR) is 200 cm³/mol. The van der Waals surface area contributed by atoms with Gasteiger partial charge in [0, 0.05) is 11.8 Å². The molecule has 2 aliphatic rings. The Hall–Kier alpha value is -5.98. The van der Waals surface area contributed by atoms with Crippen LogP contribution in [0.2, 0.25) is 0 Å². The highest BCUT2D eigenvalue weighted by Gasteiger charge is 2.40. The molecular weight excluding hydrogens is 577 g/mol.